The van der Waals surface area contributed by atoms with Crippen molar-refractivity contribution in [1.29, 1.82) is 0 Å². The van der Waals surface area contributed by atoms with Gasteiger partial charge in [-0.3, -0.25) is 14.0 Å². The maximum absolute atomic E-state index is 14.8. The van der Waals surface area contributed by atoms with Crippen LogP contribution in [-0.4, -0.2) is 89.5 Å². The van der Waals surface area contributed by atoms with Crippen molar-refractivity contribution < 1.29 is 27.8 Å². The number of hydrogen-bond acceptors (Lipinski definition) is 8. The number of hydrogen-bond donors (Lipinski definition) is 2. The van der Waals surface area contributed by atoms with Crippen molar-refractivity contribution in [2.75, 3.05) is 58.8 Å². The number of aromatic nitrogens is 3. The monoisotopic (exact) mass is 605 g/mol. The number of rotatable bonds is 7. The third-order valence-electron chi connectivity index (χ3n) is 8.23. The minimum absolute atomic E-state index is 0.0222. The first-order valence-electron chi connectivity index (χ1n) is 14.5. The predicted molar refractivity (Wildman–Crippen MR) is 159 cm³/mol. The molecule has 2 aliphatic rings. The van der Waals surface area contributed by atoms with Crippen LogP contribution in [0.3, 0.4) is 0 Å². The number of benzene rings is 2. The summed E-state index contributed by atoms with van der Waals surface area (Å²) in [7, 11) is 2.77. The predicted octanol–water partition coefficient (Wildman–Crippen LogP) is 3.72. The van der Waals surface area contributed by atoms with E-state index in [1.54, 1.807) is 33.7 Å². The summed E-state index contributed by atoms with van der Waals surface area (Å²) in [6, 6.07) is 7.90. The van der Waals surface area contributed by atoms with Gasteiger partial charge in [-0.2, -0.15) is 4.39 Å². The Balaban J connectivity index is 1.17. The molecule has 0 unspecified atom stereocenters. The highest BCUT2D eigenvalue weighted by Gasteiger charge is 2.31. The minimum atomic E-state index is -1.08. The third kappa shape index (κ3) is 5.50. The molecule has 13 heteroatoms. The molecule has 0 saturated carbocycles. The topological polar surface area (TPSA) is 113 Å². The summed E-state index contributed by atoms with van der Waals surface area (Å²) < 4.78 is 41.3. The van der Waals surface area contributed by atoms with Gasteiger partial charge in [0.1, 0.15) is 5.75 Å². The number of carbonyl (C=O) groups is 2. The van der Waals surface area contributed by atoms with Crippen LogP contribution >= 0.6 is 0 Å². The summed E-state index contributed by atoms with van der Waals surface area (Å²) in [5, 5.41) is 6.48. The van der Waals surface area contributed by atoms with E-state index in [2.05, 4.69) is 20.6 Å². The molecule has 0 radical (unpaired) electrons. The maximum atomic E-state index is 14.8. The highest BCUT2D eigenvalue weighted by molar-refractivity contribution is 5.98. The number of nitrogens with one attached hydrogen (secondary N) is 2. The molecule has 2 N–H and O–H groups in total. The van der Waals surface area contributed by atoms with Crippen LogP contribution in [0.4, 0.5) is 20.3 Å². The number of imidazole rings is 1. The summed E-state index contributed by atoms with van der Waals surface area (Å²) >= 11 is 0. The van der Waals surface area contributed by atoms with Crippen molar-refractivity contribution in [2.24, 2.45) is 5.92 Å². The zero-order chi connectivity index (χ0) is 30.8. The van der Waals surface area contributed by atoms with E-state index in [4.69, 9.17) is 9.47 Å². The molecule has 4 aromatic rings. The van der Waals surface area contributed by atoms with E-state index < -0.39 is 11.6 Å². The lowest BCUT2D eigenvalue weighted by Gasteiger charge is -2.37. The van der Waals surface area contributed by atoms with Gasteiger partial charge < -0.3 is 29.9 Å². The molecule has 2 saturated heterocycles. The van der Waals surface area contributed by atoms with Gasteiger partial charge >= 0.3 is 0 Å². The first kappa shape index (κ1) is 29.3. The summed E-state index contributed by atoms with van der Waals surface area (Å²) in [5.41, 5.74) is 1.73. The van der Waals surface area contributed by atoms with Crippen LogP contribution < -0.4 is 20.1 Å². The van der Waals surface area contributed by atoms with Crippen LogP contribution in [0.25, 0.3) is 16.9 Å². The molecule has 0 atom stereocenters. The molecule has 2 aromatic heterocycles. The molecular weight excluding hydrogens is 572 g/mol. The van der Waals surface area contributed by atoms with E-state index in [-0.39, 0.29) is 29.0 Å². The second-order valence-electron chi connectivity index (χ2n) is 10.7. The van der Waals surface area contributed by atoms with Crippen molar-refractivity contribution >= 4 is 29.0 Å². The lowest BCUT2D eigenvalue weighted by atomic mass is 9.96. The summed E-state index contributed by atoms with van der Waals surface area (Å²) in [4.78, 5) is 38.8. The first-order chi connectivity index (χ1) is 21.4. The Morgan fingerprint density at radius 3 is 2.39 bits per heavy atom. The molecule has 0 aliphatic carbocycles. The molecule has 2 aliphatic heterocycles. The molecule has 44 heavy (non-hydrogen) atoms. The number of methoxy groups -OCH3 is 2. The van der Waals surface area contributed by atoms with Crippen molar-refractivity contribution in [3.63, 3.8) is 0 Å². The van der Waals surface area contributed by atoms with Crippen molar-refractivity contribution in [1.82, 2.24) is 29.5 Å². The number of nitrogens with zero attached hydrogens (tertiary/aromatic N) is 5. The van der Waals surface area contributed by atoms with Crippen LogP contribution in [0.5, 0.6) is 11.5 Å². The molecule has 2 fully saturated rings. The lowest BCUT2D eigenvalue weighted by Crippen LogP contribution is -2.52. The Labute approximate surface area is 252 Å². The highest BCUT2D eigenvalue weighted by atomic mass is 19.2. The van der Waals surface area contributed by atoms with Crippen molar-refractivity contribution in [3.8, 4) is 22.8 Å². The Hall–Kier alpha value is -4.78. The van der Waals surface area contributed by atoms with Gasteiger partial charge in [0.15, 0.2) is 23.0 Å². The number of anilines is 2. The fourth-order valence-corrected chi connectivity index (χ4v) is 5.80. The summed E-state index contributed by atoms with van der Waals surface area (Å²) in [6.07, 6.45) is 6.26. The molecule has 2 aromatic carbocycles. The van der Waals surface area contributed by atoms with E-state index in [1.807, 2.05) is 4.90 Å². The second kappa shape index (κ2) is 12.4. The van der Waals surface area contributed by atoms with Crippen LogP contribution in [0.2, 0.25) is 0 Å². The molecule has 230 valence electrons. The zero-order valence-corrected chi connectivity index (χ0v) is 24.5. The van der Waals surface area contributed by atoms with Crippen LogP contribution in [0.1, 0.15) is 23.2 Å². The average molecular weight is 606 g/mol. The number of carbonyl (C=O) groups excluding carboxylic acids is 2. The van der Waals surface area contributed by atoms with E-state index in [9.17, 15) is 18.4 Å². The average Bonchev–Trinajstić information content (AvgIpc) is 3.50. The SMILES string of the molecule is COc1cc(Nc2nccn3c(-c4ccc(OC)c(F)c4F)cnc23)ccc1C(=O)N1CCN(C(=O)C2CCNCC2)CC1. The zero-order valence-electron chi connectivity index (χ0n) is 24.5. The standard InChI is InChI=1S/C31H33F2N7O4/c1-43-24-6-5-21(26(32)27(24)33)23-18-36-29-28(35-11-12-40(23)29)37-20-3-4-22(25(17-20)44-2)31(42)39-15-13-38(14-16-39)30(41)19-7-9-34-10-8-19/h3-6,11-12,17-19,34H,7-10,13-16H2,1-2H3,(H,35,37). The van der Waals surface area contributed by atoms with Gasteiger partial charge in [0.2, 0.25) is 11.7 Å². The van der Waals surface area contributed by atoms with E-state index in [1.165, 1.54) is 38.7 Å². The summed E-state index contributed by atoms with van der Waals surface area (Å²) in [5.74, 6) is -1.51. The fraction of sp³-hybridized carbons (Fsp3) is 0.355. The lowest BCUT2D eigenvalue weighted by molar-refractivity contribution is -0.137. The molecule has 4 heterocycles. The molecular formula is C31H33F2N7O4. The Morgan fingerprint density at radius 1 is 0.932 bits per heavy atom. The molecule has 2 amide bonds. The second-order valence-corrected chi connectivity index (χ2v) is 10.7. The smallest absolute Gasteiger partial charge is 0.257 e. The molecule has 6 rings (SSSR count). The molecule has 11 nitrogen and oxygen atoms in total. The number of halogens is 2. The van der Waals surface area contributed by atoms with Crippen molar-refractivity contribution in [3.05, 3.63) is 66.1 Å². The van der Waals surface area contributed by atoms with Gasteiger partial charge in [0, 0.05) is 61.8 Å². The Bertz CT molecular complexity index is 1700. The maximum Gasteiger partial charge on any atom is 0.257 e. The number of fused-ring (bicyclic) bond motifs is 1. The van der Waals surface area contributed by atoms with Gasteiger partial charge in [0.05, 0.1) is 31.7 Å². The van der Waals surface area contributed by atoms with Gasteiger partial charge in [0.25, 0.3) is 5.91 Å². The highest BCUT2D eigenvalue weighted by Crippen LogP contribution is 2.32. The Kier molecular flexibility index (Phi) is 8.29. The quantitative estimate of drug-likeness (QED) is 0.328. The van der Waals surface area contributed by atoms with Gasteiger partial charge in [-0.05, 0) is 50.2 Å². The fourth-order valence-electron chi connectivity index (χ4n) is 5.80. The molecule has 0 spiro atoms. The number of ether oxygens (including phenoxy) is 2. The number of piperidine rings is 1. The Morgan fingerprint density at radius 2 is 1.66 bits per heavy atom. The van der Waals surface area contributed by atoms with Crippen LogP contribution in [-0.2, 0) is 4.79 Å². The largest absolute Gasteiger partial charge is 0.496 e. The van der Waals surface area contributed by atoms with E-state index in [0.717, 1.165) is 25.9 Å². The minimum Gasteiger partial charge on any atom is -0.496 e. The van der Waals surface area contributed by atoms with Crippen molar-refractivity contribution in [2.45, 2.75) is 12.8 Å². The van der Waals surface area contributed by atoms with E-state index in [0.29, 0.717) is 60.3 Å². The van der Waals surface area contributed by atoms with Crippen LogP contribution in [0, 0.1) is 17.6 Å². The van der Waals surface area contributed by atoms with Crippen LogP contribution in [0.15, 0.2) is 48.9 Å². The van der Waals surface area contributed by atoms with Gasteiger partial charge in [-0.25, -0.2) is 14.4 Å². The first-order valence-corrected chi connectivity index (χ1v) is 14.5. The molecule has 0 bridgehead atoms. The van der Waals surface area contributed by atoms with Gasteiger partial charge in [-0.1, -0.05) is 0 Å². The summed E-state index contributed by atoms with van der Waals surface area (Å²) in [6.45, 7) is 3.63. The van der Waals surface area contributed by atoms with E-state index >= 15 is 0 Å². The third-order valence-corrected chi connectivity index (χ3v) is 8.23. The van der Waals surface area contributed by atoms with Gasteiger partial charge in [-0.15, -0.1) is 0 Å². The number of amides is 2. The number of piperazine rings is 1. The normalized spacial score (nSPS) is 15.8.